The normalized spacial score (nSPS) is 16.6. The number of aliphatic hydroxyl groups excluding tert-OH is 1. The highest BCUT2D eigenvalue weighted by Gasteiger charge is 2.25. The van der Waals surface area contributed by atoms with Gasteiger partial charge in [0.2, 0.25) is 0 Å². The molecule has 0 aliphatic carbocycles. The van der Waals surface area contributed by atoms with Crippen molar-refractivity contribution in [3.63, 3.8) is 0 Å². The number of likely N-dealkylation sites (N-methyl/N-ethyl adjacent to an activating group) is 1. The van der Waals surface area contributed by atoms with Gasteiger partial charge in [0.1, 0.15) is 0 Å². The summed E-state index contributed by atoms with van der Waals surface area (Å²) in [6.45, 7) is 8.51. The predicted molar refractivity (Wildman–Crippen MR) is 68.7 cm³/mol. The summed E-state index contributed by atoms with van der Waals surface area (Å²) >= 11 is 0. The third kappa shape index (κ3) is 6.64. The first-order valence-corrected chi connectivity index (χ1v) is 6.43. The van der Waals surface area contributed by atoms with Gasteiger partial charge < -0.3 is 15.2 Å². The van der Waals surface area contributed by atoms with Crippen LogP contribution in [0.15, 0.2) is 0 Å². The van der Waals surface area contributed by atoms with Crippen LogP contribution in [0, 0.1) is 11.8 Å². The van der Waals surface area contributed by atoms with Gasteiger partial charge >= 0.3 is 5.97 Å². The minimum atomic E-state index is -0.686. The van der Waals surface area contributed by atoms with Gasteiger partial charge in [-0.2, -0.15) is 0 Å². The quantitative estimate of drug-likeness (QED) is 0.637. The van der Waals surface area contributed by atoms with Crippen molar-refractivity contribution in [2.24, 2.45) is 11.8 Å². The lowest BCUT2D eigenvalue weighted by atomic mass is 9.93. The van der Waals surface area contributed by atoms with E-state index in [0.29, 0.717) is 18.4 Å². The standard InChI is InChI=1S/C13H27NO3/c1-6-10(4)13(14-5)11(15)7-12(16)17-8-9(2)3/h9-11,13-15H,6-8H2,1-5H3/t10-,11+,13-/m0/s1. The maximum absolute atomic E-state index is 11.5. The van der Waals surface area contributed by atoms with Gasteiger partial charge in [-0.3, -0.25) is 4.79 Å². The van der Waals surface area contributed by atoms with E-state index in [4.69, 9.17) is 4.74 Å². The number of rotatable bonds is 8. The molecule has 0 heterocycles. The first-order valence-electron chi connectivity index (χ1n) is 6.43. The molecular formula is C13H27NO3. The van der Waals surface area contributed by atoms with Gasteiger partial charge in [-0.1, -0.05) is 34.1 Å². The Bertz CT molecular complexity index is 219. The highest BCUT2D eigenvalue weighted by Crippen LogP contribution is 2.14. The second-order valence-corrected chi connectivity index (χ2v) is 5.05. The molecule has 0 saturated heterocycles. The van der Waals surface area contributed by atoms with Crippen molar-refractivity contribution in [3.05, 3.63) is 0 Å². The van der Waals surface area contributed by atoms with Crippen LogP contribution in [0.4, 0.5) is 0 Å². The molecule has 0 saturated carbocycles. The summed E-state index contributed by atoms with van der Waals surface area (Å²) in [5, 5.41) is 13.0. The summed E-state index contributed by atoms with van der Waals surface area (Å²) in [4.78, 5) is 11.5. The van der Waals surface area contributed by atoms with Crippen molar-refractivity contribution in [2.75, 3.05) is 13.7 Å². The topological polar surface area (TPSA) is 58.6 Å². The number of carbonyl (C=O) groups excluding carboxylic acids is 1. The molecule has 0 fully saturated rings. The zero-order valence-electron chi connectivity index (χ0n) is 11.7. The third-order valence-corrected chi connectivity index (χ3v) is 2.96. The molecule has 0 bridgehead atoms. The molecule has 0 rings (SSSR count). The van der Waals surface area contributed by atoms with Crippen LogP contribution in [0.2, 0.25) is 0 Å². The molecular weight excluding hydrogens is 218 g/mol. The van der Waals surface area contributed by atoms with E-state index >= 15 is 0 Å². The number of carbonyl (C=O) groups is 1. The van der Waals surface area contributed by atoms with Crippen molar-refractivity contribution in [1.29, 1.82) is 0 Å². The van der Waals surface area contributed by atoms with E-state index in [1.54, 1.807) is 7.05 Å². The number of hydrogen-bond acceptors (Lipinski definition) is 4. The van der Waals surface area contributed by atoms with E-state index in [1.807, 2.05) is 13.8 Å². The van der Waals surface area contributed by atoms with E-state index in [0.717, 1.165) is 6.42 Å². The summed E-state index contributed by atoms with van der Waals surface area (Å²) in [5.41, 5.74) is 0. The summed E-state index contributed by atoms with van der Waals surface area (Å²) < 4.78 is 5.06. The number of aliphatic hydroxyl groups is 1. The lowest BCUT2D eigenvalue weighted by Gasteiger charge is -2.27. The van der Waals surface area contributed by atoms with Crippen LogP contribution in [0.3, 0.4) is 0 Å². The monoisotopic (exact) mass is 245 g/mol. The number of ether oxygens (including phenoxy) is 1. The van der Waals surface area contributed by atoms with Crippen molar-refractivity contribution < 1.29 is 14.6 Å². The summed E-state index contributed by atoms with van der Waals surface area (Å²) in [7, 11) is 1.81. The van der Waals surface area contributed by atoms with Gasteiger partial charge in [0.15, 0.2) is 0 Å². The van der Waals surface area contributed by atoms with Crippen molar-refractivity contribution >= 4 is 5.97 Å². The van der Waals surface area contributed by atoms with Crippen molar-refractivity contribution in [2.45, 2.75) is 52.7 Å². The molecule has 0 aromatic heterocycles. The fraction of sp³-hybridized carbons (Fsp3) is 0.923. The third-order valence-electron chi connectivity index (χ3n) is 2.96. The van der Waals surface area contributed by atoms with E-state index in [9.17, 15) is 9.90 Å². The zero-order valence-corrected chi connectivity index (χ0v) is 11.7. The Morgan fingerprint density at radius 3 is 2.35 bits per heavy atom. The van der Waals surface area contributed by atoms with Crippen LogP contribution >= 0.6 is 0 Å². The minimum Gasteiger partial charge on any atom is -0.465 e. The second-order valence-electron chi connectivity index (χ2n) is 5.05. The molecule has 102 valence electrons. The SMILES string of the molecule is CC[C@H](C)[C@H](NC)[C@H](O)CC(=O)OCC(C)C. The molecule has 0 aromatic rings. The molecule has 0 aliphatic rings. The maximum Gasteiger partial charge on any atom is 0.308 e. The van der Waals surface area contributed by atoms with Crippen LogP contribution in [-0.2, 0) is 9.53 Å². The highest BCUT2D eigenvalue weighted by atomic mass is 16.5. The van der Waals surface area contributed by atoms with Gasteiger partial charge in [0.25, 0.3) is 0 Å². The first-order chi connectivity index (χ1) is 7.92. The molecule has 0 spiro atoms. The zero-order chi connectivity index (χ0) is 13.4. The lowest BCUT2D eigenvalue weighted by molar-refractivity contribution is -0.147. The average Bonchev–Trinajstić information content (AvgIpc) is 2.26. The molecule has 0 unspecified atom stereocenters. The average molecular weight is 245 g/mol. The van der Waals surface area contributed by atoms with Gasteiger partial charge in [-0.05, 0) is 18.9 Å². The summed E-state index contributed by atoms with van der Waals surface area (Å²) in [6.07, 6.45) is 0.334. The molecule has 0 radical (unpaired) electrons. The maximum atomic E-state index is 11.5. The van der Waals surface area contributed by atoms with Crippen LogP contribution < -0.4 is 5.32 Å². The van der Waals surface area contributed by atoms with E-state index in [2.05, 4.69) is 19.2 Å². The molecule has 2 N–H and O–H groups in total. The lowest BCUT2D eigenvalue weighted by Crippen LogP contribution is -2.43. The second kappa shape index (κ2) is 8.48. The summed E-state index contributed by atoms with van der Waals surface area (Å²) in [6, 6.07) is -0.0633. The fourth-order valence-electron chi connectivity index (χ4n) is 1.73. The fourth-order valence-corrected chi connectivity index (χ4v) is 1.73. The number of esters is 1. The Hall–Kier alpha value is -0.610. The van der Waals surface area contributed by atoms with Gasteiger partial charge in [-0.25, -0.2) is 0 Å². The summed E-state index contributed by atoms with van der Waals surface area (Å²) in [5.74, 6) is 0.327. The van der Waals surface area contributed by atoms with Crippen molar-refractivity contribution in [3.8, 4) is 0 Å². The smallest absolute Gasteiger partial charge is 0.308 e. The van der Waals surface area contributed by atoms with Gasteiger partial charge in [0, 0.05) is 6.04 Å². The van der Waals surface area contributed by atoms with Crippen LogP contribution in [0.5, 0.6) is 0 Å². The van der Waals surface area contributed by atoms with E-state index < -0.39 is 6.10 Å². The Balaban J connectivity index is 4.12. The Morgan fingerprint density at radius 2 is 1.94 bits per heavy atom. The molecule has 17 heavy (non-hydrogen) atoms. The Labute approximate surface area is 105 Å². The van der Waals surface area contributed by atoms with Gasteiger partial charge in [-0.15, -0.1) is 0 Å². The molecule has 4 nitrogen and oxygen atoms in total. The number of nitrogens with one attached hydrogen (secondary N) is 1. The van der Waals surface area contributed by atoms with E-state index in [-0.39, 0.29) is 18.4 Å². The molecule has 4 heteroatoms. The minimum absolute atomic E-state index is 0.0581. The number of hydrogen-bond donors (Lipinski definition) is 2. The largest absolute Gasteiger partial charge is 0.465 e. The Morgan fingerprint density at radius 1 is 1.35 bits per heavy atom. The predicted octanol–water partition coefficient (Wildman–Crippen LogP) is 1.57. The van der Waals surface area contributed by atoms with E-state index in [1.165, 1.54) is 0 Å². The highest BCUT2D eigenvalue weighted by molar-refractivity contribution is 5.70. The van der Waals surface area contributed by atoms with Crippen molar-refractivity contribution in [1.82, 2.24) is 5.32 Å². The first kappa shape index (κ1) is 16.4. The Kier molecular flexibility index (Phi) is 8.17. The molecule has 3 atom stereocenters. The van der Waals surface area contributed by atoms with Crippen LogP contribution in [0.25, 0.3) is 0 Å². The van der Waals surface area contributed by atoms with Gasteiger partial charge in [0.05, 0.1) is 19.1 Å². The molecule has 0 amide bonds. The molecule has 0 aromatic carbocycles. The van der Waals surface area contributed by atoms with Crippen LogP contribution in [-0.4, -0.2) is 36.9 Å². The van der Waals surface area contributed by atoms with Crippen LogP contribution in [0.1, 0.15) is 40.5 Å². The molecule has 0 aliphatic heterocycles.